The molecule has 9 nitrogen and oxygen atoms in total. The van der Waals surface area contributed by atoms with Gasteiger partial charge in [0, 0.05) is 30.3 Å². The van der Waals surface area contributed by atoms with Crippen LogP contribution in [0.1, 0.15) is 30.1 Å². The molecular formula is C21H22BrN5O4. The quantitative estimate of drug-likeness (QED) is 0.527. The maximum absolute atomic E-state index is 12.9. The number of aromatic amines is 1. The Hall–Kier alpha value is -3.40. The molecular weight excluding hydrogens is 466 g/mol. The number of unbranched alkanes of at least 4 members (excludes halogenated alkanes) is 1. The van der Waals surface area contributed by atoms with E-state index in [9.17, 15) is 14.4 Å². The molecule has 0 atom stereocenters. The number of rotatable bonds is 7. The van der Waals surface area contributed by atoms with E-state index in [1.54, 1.807) is 18.2 Å². The fourth-order valence-corrected chi connectivity index (χ4v) is 3.33. The molecule has 1 amide bonds. The van der Waals surface area contributed by atoms with Crippen LogP contribution in [0.4, 0.5) is 11.5 Å². The minimum Gasteiger partial charge on any atom is -0.439 e. The minimum atomic E-state index is -0.728. The summed E-state index contributed by atoms with van der Waals surface area (Å²) in [5, 5.41) is 0. The third kappa shape index (κ3) is 5.02. The topological polar surface area (TPSA) is 123 Å². The van der Waals surface area contributed by atoms with Crippen LogP contribution < -0.4 is 26.6 Å². The van der Waals surface area contributed by atoms with Crippen LogP contribution in [0.3, 0.4) is 0 Å². The second kappa shape index (κ2) is 9.61. The molecule has 0 saturated carbocycles. The SMILES string of the molecule is CCCCn1c(N)c(N(C)C(=O)c2ccc(Oc3cccc(Br)c3)nc2)c(=O)[nH]c1=O. The van der Waals surface area contributed by atoms with Crippen molar-refractivity contribution in [2.75, 3.05) is 17.7 Å². The van der Waals surface area contributed by atoms with Gasteiger partial charge in [-0.2, -0.15) is 0 Å². The van der Waals surface area contributed by atoms with Crippen molar-refractivity contribution in [1.82, 2.24) is 14.5 Å². The van der Waals surface area contributed by atoms with Crippen LogP contribution in [0.15, 0.2) is 56.7 Å². The average molecular weight is 488 g/mol. The van der Waals surface area contributed by atoms with Gasteiger partial charge in [0.2, 0.25) is 5.88 Å². The van der Waals surface area contributed by atoms with E-state index in [2.05, 4.69) is 25.9 Å². The number of nitrogens with two attached hydrogens (primary N) is 1. The zero-order chi connectivity index (χ0) is 22.5. The Labute approximate surface area is 186 Å². The van der Waals surface area contributed by atoms with Gasteiger partial charge in [-0.25, -0.2) is 9.78 Å². The van der Waals surface area contributed by atoms with E-state index in [0.29, 0.717) is 24.6 Å². The van der Waals surface area contributed by atoms with Gasteiger partial charge in [-0.1, -0.05) is 35.3 Å². The number of carbonyl (C=O) groups is 1. The van der Waals surface area contributed by atoms with E-state index >= 15 is 0 Å². The molecule has 3 rings (SSSR count). The van der Waals surface area contributed by atoms with E-state index < -0.39 is 17.2 Å². The van der Waals surface area contributed by atoms with Gasteiger partial charge < -0.3 is 15.4 Å². The maximum Gasteiger partial charge on any atom is 0.330 e. The predicted octanol–water partition coefficient (Wildman–Crippen LogP) is 3.15. The van der Waals surface area contributed by atoms with E-state index in [0.717, 1.165) is 15.8 Å². The lowest BCUT2D eigenvalue weighted by atomic mass is 10.2. The number of hydrogen-bond acceptors (Lipinski definition) is 6. The molecule has 0 aliphatic heterocycles. The Morgan fingerprint density at radius 1 is 1.29 bits per heavy atom. The lowest BCUT2D eigenvalue weighted by Crippen LogP contribution is -2.39. The number of anilines is 2. The van der Waals surface area contributed by atoms with Crippen molar-refractivity contribution in [3.63, 3.8) is 0 Å². The molecule has 3 aromatic rings. The van der Waals surface area contributed by atoms with Crippen LogP contribution in [0, 0.1) is 0 Å². The normalized spacial score (nSPS) is 10.7. The molecule has 31 heavy (non-hydrogen) atoms. The van der Waals surface area contributed by atoms with E-state index in [4.69, 9.17) is 10.5 Å². The first-order valence-corrected chi connectivity index (χ1v) is 10.4. The molecule has 0 bridgehead atoms. The van der Waals surface area contributed by atoms with Crippen LogP contribution in [0.2, 0.25) is 0 Å². The molecule has 0 fully saturated rings. The van der Waals surface area contributed by atoms with Gasteiger partial charge in [0.05, 0.1) is 5.56 Å². The number of carbonyl (C=O) groups excluding carboxylic acids is 1. The second-order valence-electron chi connectivity index (χ2n) is 6.81. The molecule has 0 saturated heterocycles. The highest BCUT2D eigenvalue weighted by molar-refractivity contribution is 9.10. The van der Waals surface area contributed by atoms with E-state index in [1.165, 1.54) is 23.9 Å². The first kappa shape index (κ1) is 22.3. The molecule has 0 aliphatic rings. The summed E-state index contributed by atoms with van der Waals surface area (Å²) < 4.78 is 7.79. The van der Waals surface area contributed by atoms with Crippen LogP contribution in [-0.2, 0) is 6.54 Å². The molecule has 0 aliphatic carbocycles. The van der Waals surface area contributed by atoms with Gasteiger partial charge in [0.15, 0.2) is 5.69 Å². The largest absolute Gasteiger partial charge is 0.439 e. The Balaban J connectivity index is 1.84. The lowest BCUT2D eigenvalue weighted by Gasteiger charge is -2.20. The van der Waals surface area contributed by atoms with Crippen LogP contribution in [0.5, 0.6) is 11.6 Å². The summed E-state index contributed by atoms with van der Waals surface area (Å²) in [4.78, 5) is 44.9. The number of H-pyrrole nitrogens is 1. The number of ether oxygens (including phenoxy) is 1. The van der Waals surface area contributed by atoms with E-state index in [-0.39, 0.29) is 17.1 Å². The molecule has 2 heterocycles. The van der Waals surface area contributed by atoms with Crippen molar-refractivity contribution in [3.05, 3.63) is 73.5 Å². The number of benzene rings is 1. The van der Waals surface area contributed by atoms with Crippen molar-refractivity contribution >= 4 is 33.3 Å². The van der Waals surface area contributed by atoms with Crippen LogP contribution >= 0.6 is 15.9 Å². The number of aromatic nitrogens is 3. The molecule has 10 heteroatoms. The molecule has 2 aromatic heterocycles. The van der Waals surface area contributed by atoms with Crippen molar-refractivity contribution in [2.45, 2.75) is 26.3 Å². The number of amides is 1. The number of nitrogens with zero attached hydrogens (tertiary/aromatic N) is 3. The number of nitrogen functional groups attached to an aromatic ring is 1. The first-order chi connectivity index (χ1) is 14.8. The second-order valence-corrected chi connectivity index (χ2v) is 7.72. The summed E-state index contributed by atoms with van der Waals surface area (Å²) >= 11 is 3.37. The summed E-state index contributed by atoms with van der Waals surface area (Å²) in [5.41, 5.74) is 4.89. The monoisotopic (exact) mass is 487 g/mol. The van der Waals surface area contributed by atoms with Gasteiger partial charge >= 0.3 is 5.69 Å². The average Bonchev–Trinajstić information content (AvgIpc) is 2.73. The molecule has 0 spiro atoms. The summed E-state index contributed by atoms with van der Waals surface area (Å²) in [7, 11) is 1.42. The Bertz CT molecular complexity index is 1200. The van der Waals surface area contributed by atoms with Crippen molar-refractivity contribution in [1.29, 1.82) is 0 Å². The molecule has 0 radical (unpaired) electrons. The zero-order valence-electron chi connectivity index (χ0n) is 17.1. The number of pyridine rings is 1. The van der Waals surface area contributed by atoms with Gasteiger partial charge in [0.1, 0.15) is 11.6 Å². The Morgan fingerprint density at radius 2 is 2.06 bits per heavy atom. The number of hydrogen-bond donors (Lipinski definition) is 2. The van der Waals surface area contributed by atoms with Crippen molar-refractivity contribution in [3.8, 4) is 11.6 Å². The molecule has 0 unspecified atom stereocenters. The standard InChI is InChI=1S/C21H22BrN5O4/c1-3-4-10-27-18(23)17(19(28)25-21(27)30)26(2)20(29)13-8-9-16(24-12-13)31-15-7-5-6-14(22)11-15/h5-9,11-12H,3-4,10,23H2,1-2H3,(H,25,28,30). The van der Waals surface area contributed by atoms with Crippen molar-refractivity contribution in [2.24, 2.45) is 0 Å². The lowest BCUT2D eigenvalue weighted by molar-refractivity contribution is 0.0992. The number of nitrogens with one attached hydrogen (secondary N) is 1. The minimum absolute atomic E-state index is 0.0550. The Morgan fingerprint density at radius 3 is 2.71 bits per heavy atom. The smallest absolute Gasteiger partial charge is 0.330 e. The van der Waals surface area contributed by atoms with Gasteiger partial charge in [-0.3, -0.25) is 19.1 Å². The zero-order valence-corrected chi connectivity index (χ0v) is 18.7. The van der Waals surface area contributed by atoms with Gasteiger partial charge in [-0.05, 0) is 30.7 Å². The maximum atomic E-state index is 12.9. The van der Waals surface area contributed by atoms with Crippen LogP contribution in [0.25, 0.3) is 0 Å². The van der Waals surface area contributed by atoms with Crippen LogP contribution in [-0.4, -0.2) is 27.5 Å². The highest BCUT2D eigenvalue weighted by Crippen LogP contribution is 2.24. The van der Waals surface area contributed by atoms with Crippen molar-refractivity contribution < 1.29 is 9.53 Å². The fourth-order valence-electron chi connectivity index (χ4n) is 2.95. The predicted molar refractivity (Wildman–Crippen MR) is 122 cm³/mol. The van der Waals surface area contributed by atoms with E-state index in [1.807, 2.05) is 19.1 Å². The molecule has 1 aromatic carbocycles. The third-order valence-electron chi connectivity index (χ3n) is 4.59. The van der Waals surface area contributed by atoms with Gasteiger partial charge in [0.25, 0.3) is 11.5 Å². The highest BCUT2D eigenvalue weighted by Gasteiger charge is 2.22. The van der Waals surface area contributed by atoms with Gasteiger partial charge in [-0.15, -0.1) is 0 Å². The fraction of sp³-hybridized carbons (Fsp3) is 0.238. The summed E-state index contributed by atoms with van der Waals surface area (Å²) in [6.45, 7) is 2.32. The Kier molecular flexibility index (Phi) is 6.91. The highest BCUT2D eigenvalue weighted by atomic mass is 79.9. The summed E-state index contributed by atoms with van der Waals surface area (Å²) in [5.74, 6) is 0.342. The summed E-state index contributed by atoms with van der Waals surface area (Å²) in [6.07, 6.45) is 2.90. The first-order valence-electron chi connectivity index (χ1n) is 9.62. The molecule has 3 N–H and O–H groups in total. The number of halogens is 1. The molecule has 162 valence electrons. The third-order valence-corrected chi connectivity index (χ3v) is 5.08. The summed E-state index contributed by atoms with van der Waals surface area (Å²) in [6, 6.07) is 10.4.